The number of nitrogens with one attached hydrogen (secondary N) is 1. The molecule has 0 aliphatic heterocycles. The van der Waals surface area contributed by atoms with Crippen LogP contribution in [0.2, 0.25) is 5.02 Å². The van der Waals surface area contributed by atoms with Gasteiger partial charge in [-0.3, -0.25) is 4.72 Å². The molecule has 0 saturated heterocycles. The van der Waals surface area contributed by atoms with Crippen LogP contribution >= 0.6 is 27.5 Å². The summed E-state index contributed by atoms with van der Waals surface area (Å²) in [6, 6.07) is 8.04. The molecule has 2 rings (SSSR count). The zero-order chi connectivity index (χ0) is 14.0. The fourth-order valence-electron chi connectivity index (χ4n) is 1.34. The van der Waals surface area contributed by atoms with Crippen molar-refractivity contribution in [3.63, 3.8) is 0 Å². The molecule has 0 atom stereocenters. The highest BCUT2D eigenvalue weighted by Gasteiger charge is 2.16. The van der Waals surface area contributed by atoms with Crippen LogP contribution in [0.1, 0.15) is 0 Å². The highest BCUT2D eigenvalue weighted by molar-refractivity contribution is 9.10. The third kappa shape index (κ3) is 3.37. The van der Waals surface area contributed by atoms with Crippen LogP contribution in [-0.2, 0) is 10.0 Å². The predicted octanol–water partition coefficient (Wildman–Crippen LogP) is 2.88. The maximum atomic E-state index is 12.1. The second-order valence-corrected chi connectivity index (χ2v) is 6.66. The lowest BCUT2D eigenvalue weighted by atomic mass is 10.3. The third-order valence-corrected chi connectivity index (χ3v) is 4.38. The Morgan fingerprint density at radius 3 is 2.68 bits per heavy atom. The Morgan fingerprint density at radius 2 is 2.05 bits per heavy atom. The quantitative estimate of drug-likeness (QED) is 0.879. The molecular formula is C11H9BrClN3O2S. The molecule has 1 aromatic carbocycles. The molecule has 1 aromatic heterocycles. The maximum absolute atomic E-state index is 12.1. The number of rotatable bonds is 3. The lowest BCUT2D eigenvalue weighted by Gasteiger charge is -2.08. The summed E-state index contributed by atoms with van der Waals surface area (Å²) < 4.78 is 27.4. The van der Waals surface area contributed by atoms with Crippen molar-refractivity contribution in [3.8, 4) is 0 Å². The SMILES string of the molecule is Nc1ncc(S(=O)(=O)Nc2cccc(Br)c2)cc1Cl. The molecule has 0 aliphatic carbocycles. The maximum Gasteiger partial charge on any atom is 0.263 e. The lowest BCUT2D eigenvalue weighted by Crippen LogP contribution is -2.13. The summed E-state index contributed by atoms with van der Waals surface area (Å²) >= 11 is 9.02. The van der Waals surface area contributed by atoms with Gasteiger partial charge in [0.2, 0.25) is 0 Å². The van der Waals surface area contributed by atoms with E-state index in [4.69, 9.17) is 17.3 Å². The zero-order valence-electron chi connectivity index (χ0n) is 9.47. The first-order chi connectivity index (χ1) is 8.88. The van der Waals surface area contributed by atoms with E-state index in [1.807, 2.05) is 0 Å². The van der Waals surface area contributed by atoms with Crippen molar-refractivity contribution in [2.45, 2.75) is 4.90 Å². The van der Waals surface area contributed by atoms with E-state index in [-0.39, 0.29) is 15.7 Å². The van der Waals surface area contributed by atoms with Crippen LogP contribution in [0.5, 0.6) is 0 Å². The molecule has 0 amide bonds. The first kappa shape index (κ1) is 14.1. The number of nitrogens with zero attached hydrogens (tertiary/aromatic N) is 1. The van der Waals surface area contributed by atoms with Crippen molar-refractivity contribution in [1.29, 1.82) is 0 Å². The standard InChI is InChI=1S/C11H9BrClN3O2S/c12-7-2-1-3-8(4-7)16-19(17,18)9-5-10(13)11(14)15-6-9/h1-6,16H,(H2,14,15). The topological polar surface area (TPSA) is 85.1 Å². The van der Waals surface area contributed by atoms with Gasteiger partial charge in [-0.25, -0.2) is 13.4 Å². The monoisotopic (exact) mass is 361 g/mol. The largest absolute Gasteiger partial charge is 0.382 e. The molecule has 0 saturated carbocycles. The average molecular weight is 363 g/mol. The molecule has 0 bridgehead atoms. The van der Waals surface area contributed by atoms with E-state index < -0.39 is 10.0 Å². The summed E-state index contributed by atoms with van der Waals surface area (Å²) in [5.41, 5.74) is 5.87. The van der Waals surface area contributed by atoms with Crippen LogP contribution in [0.3, 0.4) is 0 Å². The molecular weight excluding hydrogens is 354 g/mol. The van der Waals surface area contributed by atoms with E-state index in [0.717, 1.165) is 10.7 Å². The number of nitrogen functional groups attached to an aromatic ring is 1. The molecule has 0 fully saturated rings. The summed E-state index contributed by atoms with van der Waals surface area (Å²) in [4.78, 5) is 3.67. The fraction of sp³-hybridized carbons (Fsp3) is 0. The number of nitrogens with two attached hydrogens (primary N) is 1. The summed E-state index contributed by atoms with van der Waals surface area (Å²) in [6.45, 7) is 0. The van der Waals surface area contributed by atoms with Gasteiger partial charge in [0.1, 0.15) is 10.7 Å². The Labute approximate surface area is 124 Å². The molecule has 2 aromatic rings. The van der Waals surface area contributed by atoms with Gasteiger partial charge in [0.25, 0.3) is 10.0 Å². The van der Waals surface area contributed by atoms with Crippen LogP contribution in [0, 0.1) is 0 Å². The number of aromatic nitrogens is 1. The van der Waals surface area contributed by atoms with Crippen LogP contribution in [0.4, 0.5) is 11.5 Å². The third-order valence-electron chi connectivity index (χ3n) is 2.23. The summed E-state index contributed by atoms with van der Waals surface area (Å²) in [6.07, 6.45) is 1.15. The second kappa shape index (κ2) is 5.36. The molecule has 19 heavy (non-hydrogen) atoms. The van der Waals surface area contributed by atoms with Gasteiger partial charge in [-0.2, -0.15) is 0 Å². The number of sulfonamides is 1. The summed E-state index contributed by atoms with van der Waals surface area (Å²) in [5, 5.41) is 0.0946. The molecule has 8 heteroatoms. The van der Waals surface area contributed by atoms with Crippen molar-refractivity contribution >= 4 is 49.1 Å². The number of halogens is 2. The lowest BCUT2D eigenvalue weighted by molar-refractivity contribution is 0.601. The predicted molar refractivity (Wildman–Crippen MR) is 78.6 cm³/mol. The van der Waals surface area contributed by atoms with Crippen LogP contribution in [0.25, 0.3) is 0 Å². The van der Waals surface area contributed by atoms with Crippen LogP contribution in [-0.4, -0.2) is 13.4 Å². The van der Waals surface area contributed by atoms with Crippen LogP contribution < -0.4 is 10.5 Å². The minimum absolute atomic E-state index is 0.0494. The van der Waals surface area contributed by atoms with E-state index in [1.54, 1.807) is 24.3 Å². The van der Waals surface area contributed by atoms with Gasteiger partial charge in [0.05, 0.1) is 5.02 Å². The van der Waals surface area contributed by atoms with E-state index >= 15 is 0 Å². The van der Waals surface area contributed by atoms with Gasteiger partial charge >= 0.3 is 0 Å². The van der Waals surface area contributed by atoms with Gasteiger partial charge < -0.3 is 5.73 Å². The minimum atomic E-state index is -3.74. The van der Waals surface area contributed by atoms with Gasteiger partial charge in [-0.15, -0.1) is 0 Å². The van der Waals surface area contributed by atoms with Crippen molar-refractivity contribution < 1.29 is 8.42 Å². The first-order valence-electron chi connectivity index (χ1n) is 5.08. The molecule has 3 N–H and O–H groups in total. The summed E-state index contributed by atoms with van der Waals surface area (Å²) in [5.74, 6) is 0.0862. The molecule has 5 nitrogen and oxygen atoms in total. The Hall–Kier alpha value is -1.31. The molecule has 0 spiro atoms. The number of anilines is 2. The fourth-order valence-corrected chi connectivity index (χ4v) is 2.99. The number of benzene rings is 1. The number of hydrogen-bond donors (Lipinski definition) is 2. The van der Waals surface area contributed by atoms with Crippen molar-refractivity contribution in [2.75, 3.05) is 10.5 Å². The van der Waals surface area contributed by atoms with E-state index in [1.165, 1.54) is 6.07 Å². The summed E-state index contributed by atoms with van der Waals surface area (Å²) in [7, 11) is -3.74. The molecule has 0 radical (unpaired) electrons. The average Bonchev–Trinajstić information content (AvgIpc) is 2.32. The smallest absolute Gasteiger partial charge is 0.263 e. The van der Waals surface area contributed by atoms with Gasteiger partial charge in [-0.1, -0.05) is 33.6 Å². The second-order valence-electron chi connectivity index (χ2n) is 3.65. The minimum Gasteiger partial charge on any atom is -0.382 e. The number of pyridine rings is 1. The highest BCUT2D eigenvalue weighted by Crippen LogP contribution is 2.23. The first-order valence-corrected chi connectivity index (χ1v) is 7.73. The van der Waals surface area contributed by atoms with Crippen LogP contribution in [0.15, 0.2) is 45.9 Å². The van der Waals surface area contributed by atoms with Crippen molar-refractivity contribution in [3.05, 3.63) is 46.0 Å². The molecule has 0 unspecified atom stereocenters. The van der Waals surface area contributed by atoms with Gasteiger partial charge in [0, 0.05) is 16.4 Å². The Bertz CT molecular complexity index is 722. The van der Waals surface area contributed by atoms with Crippen molar-refractivity contribution in [1.82, 2.24) is 4.98 Å². The normalized spacial score (nSPS) is 11.3. The van der Waals surface area contributed by atoms with E-state index in [9.17, 15) is 8.42 Å². The van der Waals surface area contributed by atoms with E-state index in [0.29, 0.717) is 5.69 Å². The molecule has 100 valence electrons. The Morgan fingerprint density at radius 1 is 1.32 bits per heavy atom. The van der Waals surface area contributed by atoms with Gasteiger partial charge in [0.15, 0.2) is 0 Å². The molecule has 0 aliphatic rings. The Balaban J connectivity index is 2.35. The highest BCUT2D eigenvalue weighted by atomic mass is 79.9. The molecule has 1 heterocycles. The van der Waals surface area contributed by atoms with E-state index in [2.05, 4.69) is 25.6 Å². The number of hydrogen-bond acceptors (Lipinski definition) is 4. The zero-order valence-corrected chi connectivity index (χ0v) is 12.6. The Kier molecular flexibility index (Phi) is 3.98. The van der Waals surface area contributed by atoms with Gasteiger partial charge in [-0.05, 0) is 24.3 Å². The van der Waals surface area contributed by atoms with Crippen molar-refractivity contribution in [2.24, 2.45) is 0 Å².